The van der Waals surface area contributed by atoms with Crippen molar-refractivity contribution in [2.75, 3.05) is 6.54 Å². The average Bonchev–Trinajstić information content (AvgIpc) is 3.07. The molecule has 0 bridgehead atoms. The van der Waals surface area contributed by atoms with Gasteiger partial charge in [0.05, 0.1) is 17.9 Å². The number of carbonyl (C=O) groups is 1. The van der Waals surface area contributed by atoms with Crippen LogP contribution in [0.3, 0.4) is 0 Å². The van der Waals surface area contributed by atoms with Crippen LogP contribution in [0.4, 0.5) is 0 Å². The maximum atomic E-state index is 12.5. The van der Waals surface area contributed by atoms with Crippen molar-refractivity contribution in [1.82, 2.24) is 20.1 Å². The second-order valence-corrected chi connectivity index (χ2v) is 4.86. The van der Waals surface area contributed by atoms with Crippen molar-refractivity contribution in [1.29, 1.82) is 0 Å². The highest BCUT2D eigenvalue weighted by atomic mass is 16.2. The normalized spacial score (nSPS) is 18.8. The number of nitrogens with one attached hydrogen (secondary N) is 1. The van der Waals surface area contributed by atoms with Crippen LogP contribution in [-0.4, -0.2) is 32.5 Å². The van der Waals surface area contributed by atoms with Crippen LogP contribution in [0.5, 0.6) is 0 Å². The molecule has 5 heteroatoms. The van der Waals surface area contributed by atoms with Crippen LogP contribution in [0.2, 0.25) is 0 Å². The fourth-order valence-corrected chi connectivity index (χ4v) is 2.66. The number of pyridine rings is 1. The van der Waals surface area contributed by atoms with Gasteiger partial charge in [-0.3, -0.25) is 14.9 Å². The van der Waals surface area contributed by atoms with Crippen LogP contribution >= 0.6 is 0 Å². The number of aryl methyl sites for hydroxylation is 1. The third kappa shape index (κ3) is 2.12. The average molecular weight is 256 g/mol. The van der Waals surface area contributed by atoms with Gasteiger partial charge in [-0.15, -0.1) is 0 Å². The van der Waals surface area contributed by atoms with Gasteiger partial charge in [0.2, 0.25) is 0 Å². The Morgan fingerprint density at radius 2 is 2.21 bits per heavy atom. The lowest BCUT2D eigenvalue weighted by Crippen LogP contribution is -2.31. The molecule has 0 spiro atoms. The minimum absolute atomic E-state index is 0.0684. The first-order valence-electron chi connectivity index (χ1n) is 6.48. The van der Waals surface area contributed by atoms with Gasteiger partial charge in [0.15, 0.2) is 0 Å². The lowest BCUT2D eigenvalue weighted by molar-refractivity contribution is 0.0732. The number of likely N-dealkylation sites (tertiary alicyclic amines) is 1. The maximum absolute atomic E-state index is 12.5. The molecule has 98 valence electrons. The first kappa shape index (κ1) is 11.9. The van der Waals surface area contributed by atoms with Gasteiger partial charge in [0.1, 0.15) is 0 Å². The summed E-state index contributed by atoms with van der Waals surface area (Å²) in [4.78, 5) is 18.4. The van der Waals surface area contributed by atoms with E-state index < -0.39 is 0 Å². The molecule has 1 saturated heterocycles. The largest absolute Gasteiger partial charge is 0.330 e. The number of hydrogen-bond donors (Lipinski definition) is 1. The standard InChI is InChI=1S/C14H16N4O/c1-10-9-16-17-13(10)12-3-2-8-18(12)14(19)11-4-6-15-7-5-11/h4-7,9,12H,2-3,8H2,1H3,(H,16,17). The zero-order valence-electron chi connectivity index (χ0n) is 10.8. The second-order valence-electron chi connectivity index (χ2n) is 4.86. The zero-order valence-corrected chi connectivity index (χ0v) is 10.8. The third-order valence-electron chi connectivity index (χ3n) is 3.64. The number of rotatable bonds is 2. The quantitative estimate of drug-likeness (QED) is 0.895. The number of carbonyl (C=O) groups excluding carboxylic acids is 1. The lowest BCUT2D eigenvalue weighted by Gasteiger charge is -2.24. The van der Waals surface area contributed by atoms with Gasteiger partial charge in [-0.1, -0.05) is 0 Å². The van der Waals surface area contributed by atoms with Crippen LogP contribution in [0, 0.1) is 6.92 Å². The lowest BCUT2D eigenvalue weighted by atomic mass is 10.1. The van der Waals surface area contributed by atoms with Crippen molar-refractivity contribution in [3.63, 3.8) is 0 Å². The van der Waals surface area contributed by atoms with E-state index in [1.807, 2.05) is 18.0 Å². The highest BCUT2D eigenvalue weighted by Gasteiger charge is 2.32. The topological polar surface area (TPSA) is 61.9 Å². The SMILES string of the molecule is Cc1cn[nH]c1C1CCCN1C(=O)c1ccncc1. The van der Waals surface area contributed by atoms with Crippen LogP contribution in [0.1, 0.15) is 40.5 Å². The molecule has 2 aromatic heterocycles. The molecule has 1 amide bonds. The second kappa shape index (κ2) is 4.84. The van der Waals surface area contributed by atoms with Crippen molar-refractivity contribution in [2.45, 2.75) is 25.8 Å². The molecule has 0 aromatic carbocycles. The van der Waals surface area contributed by atoms with Crippen LogP contribution in [0.25, 0.3) is 0 Å². The Labute approximate surface area is 111 Å². The Morgan fingerprint density at radius 3 is 2.89 bits per heavy atom. The number of nitrogens with zero attached hydrogens (tertiary/aromatic N) is 3. The summed E-state index contributed by atoms with van der Waals surface area (Å²) in [5.74, 6) is 0.0684. The fraction of sp³-hybridized carbons (Fsp3) is 0.357. The van der Waals surface area contributed by atoms with E-state index in [0.717, 1.165) is 30.6 Å². The summed E-state index contributed by atoms with van der Waals surface area (Å²) in [7, 11) is 0. The first-order chi connectivity index (χ1) is 9.27. The highest BCUT2D eigenvalue weighted by molar-refractivity contribution is 5.94. The molecule has 2 aromatic rings. The highest BCUT2D eigenvalue weighted by Crippen LogP contribution is 2.33. The van der Waals surface area contributed by atoms with Crippen LogP contribution in [-0.2, 0) is 0 Å². The van der Waals surface area contributed by atoms with Crippen molar-refractivity contribution in [2.24, 2.45) is 0 Å². The van der Waals surface area contributed by atoms with Crippen molar-refractivity contribution < 1.29 is 4.79 Å². The predicted molar refractivity (Wildman–Crippen MR) is 70.6 cm³/mol. The molecule has 3 heterocycles. The molecule has 0 aliphatic carbocycles. The van der Waals surface area contributed by atoms with E-state index in [1.54, 1.807) is 24.5 Å². The van der Waals surface area contributed by atoms with Gasteiger partial charge >= 0.3 is 0 Å². The Bertz CT molecular complexity index is 578. The number of H-pyrrole nitrogens is 1. The molecule has 1 aliphatic heterocycles. The van der Waals surface area contributed by atoms with Crippen molar-refractivity contribution in [3.8, 4) is 0 Å². The van der Waals surface area contributed by atoms with Gasteiger partial charge in [0, 0.05) is 24.5 Å². The minimum atomic E-state index is 0.0684. The van der Waals surface area contributed by atoms with E-state index in [4.69, 9.17) is 0 Å². The van der Waals surface area contributed by atoms with Crippen LogP contribution < -0.4 is 0 Å². The fourth-order valence-electron chi connectivity index (χ4n) is 2.66. The monoisotopic (exact) mass is 256 g/mol. The Kier molecular flexibility index (Phi) is 3.03. The summed E-state index contributed by atoms with van der Waals surface area (Å²) in [6.45, 7) is 2.82. The summed E-state index contributed by atoms with van der Waals surface area (Å²) in [5.41, 5.74) is 2.86. The third-order valence-corrected chi connectivity index (χ3v) is 3.64. The molecule has 0 saturated carbocycles. The number of hydrogen-bond acceptors (Lipinski definition) is 3. The molecule has 0 radical (unpaired) electrons. The summed E-state index contributed by atoms with van der Waals surface area (Å²) in [6, 6.07) is 3.64. The van der Waals surface area contributed by atoms with Gasteiger partial charge < -0.3 is 4.90 Å². The van der Waals surface area contributed by atoms with E-state index in [9.17, 15) is 4.79 Å². The van der Waals surface area contributed by atoms with Crippen LogP contribution in [0.15, 0.2) is 30.7 Å². The van der Waals surface area contributed by atoms with Gasteiger partial charge in [0.25, 0.3) is 5.91 Å². The molecule has 1 N–H and O–H groups in total. The van der Waals surface area contributed by atoms with Gasteiger partial charge in [-0.05, 0) is 37.5 Å². The van der Waals surface area contributed by atoms with E-state index in [-0.39, 0.29) is 11.9 Å². The number of amides is 1. The first-order valence-corrected chi connectivity index (χ1v) is 6.48. The predicted octanol–water partition coefficient (Wildman–Crippen LogP) is 2.09. The summed E-state index contributed by atoms with van der Waals surface area (Å²) < 4.78 is 0. The smallest absolute Gasteiger partial charge is 0.254 e. The molecule has 5 nitrogen and oxygen atoms in total. The Morgan fingerprint density at radius 1 is 1.42 bits per heavy atom. The molecule has 19 heavy (non-hydrogen) atoms. The molecular weight excluding hydrogens is 240 g/mol. The van der Waals surface area contributed by atoms with E-state index >= 15 is 0 Å². The number of aromatic nitrogens is 3. The summed E-state index contributed by atoms with van der Waals surface area (Å²) in [6.07, 6.45) is 7.13. The summed E-state index contributed by atoms with van der Waals surface area (Å²) >= 11 is 0. The van der Waals surface area contributed by atoms with E-state index in [1.165, 1.54) is 0 Å². The molecular formula is C14H16N4O. The van der Waals surface area contributed by atoms with E-state index in [0.29, 0.717) is 5.56 Å². The molecule has 1 aliphatic rings. The minimum Gasteiger partial charge on any atom is -0.330 e. The molecule has 1 atom stereocenters. The Balaban J connectivity index is 1.88. The molecule has 1 unspecified atom stereocenters. The molecule has 3 rings (SSSR count). The number of aromatic amines is 1. The van der Waals surface area contributed by atoms with Crippen molar-refractivity contribution >= 4 is 5.91 Å². The van der Waals surface area contributed by atoms with Gasteiger partial charge in [-0.25, -0.2) is 0 Å². The Hall–Kier alpha value is -2.17. The van der Waals surface area contributed by atoms with Gasteiger partial charge in [-0.2, -0.15) is 5.10 Å². The van der Waals surface area contributed by atoms with Crippen molar-refractivity contribution in [3.05, 3.63) is 47.5 Å². The zero-order chi connectivity index (χ0) is 13.2. The summed E-state index contributed by atoms with van der Waals surface area (Å²) in [5, 5.41) is 7.09. The molecule has 1 fully saturated rings. The maximum Gasteiger partial charge on any atom is 0.254 e. The van der Waals surface area contributed by atoms with E-state index in [2.05, 4.69) is 15.2 Å².